The van der Waals surface area contributed by atoms with Crippen molar-refractivity contribution in [3.63, 3.8) is 0 Å². The molecule has 0 spiro atoms. The lowest BCUT2D eigenvalue weighted by Gasteiger charge is -2.28. The second-order valence-corrected chi connectivity index (χ2v) is 7.39. The van der Waals surface area contributed by atoms with Gasteiger partial charge in [0.2, 0.25) is 11.8 Å². The Morgan fingerprint density at radius 1 is 0.800 bits per heavy atom. The maximum Gasteiger partial charge on any atom is 0.237 e. The van der Waals surface area contributed by atoms with Crippen molar-refractivity contribution < 1.29 is 9.59 Å². The summed E-state index contributed by atoms with van der Waals surface area (Å²) in [6.07, 6.45) is 2.56. The van der Waals surface area contributed by atoms with Gasteiger partial charge in [-0.05, 0) is 55.7 Å². The number of para-hydroxylation sites is 1. The predicted octanol–water partition coefficient (Wildman–Crippen LogP) is 4.38. The Bertz CT molecular complexity index is 807. The van der Waals surface area contributed by atoms with Crippen molar-refractivity contribution in [2.75, 3.05) is 4.90 Å². The van der Waals surface area contributed by atoms with Crippen LogP contribution in [-0.4, -0.2) is 11.8 Å². The molecule has 3 nitrogen and oxygen atoms in total. The molecule has 2 aliphatic rings. The first kappa shape index (κ1) is 16.1. The van der Waals surface area contributed by atoms with Crippen LogP contribution in [0.25, 0.3) is 0 Å². The second-order valence-electron chi connectivity index (χ2n) is 7.39. The highest BCUT2D eigenvalue weighted by atomic mass is 16.2. The largest absolute Gasteiger partial charge is 0.274 e. The maximum absolute atomic E-state index is 13.1. The van der Waals surface area contributed by atoms with Crippen molar-refractivity contribution in [3.8, 4) is 0 Å². The van der Waals surface area contributed by atoms with Gasteiger partial charge in [0.15, 0.2) is 0 Å². The van der Waals surface area contributed by atoms with Crippen molar-refractivity contribution in [1.82, 2.24) is 0 Å². The van der Waals surface area contributed by atoms with E-state index in [2.05, 4.69) is 12.1 Å². The van der Waals surface area contributed by atoms with Crippen LogP contribution in [0, 0.1) is 25.7 Å². The van der Waals surface area contributed by atoms with Gasteiger partial charge in [-0.3, -0.25) is 9.59 Å². The van der Waals surface area contributed by atoms with E-state index < -0.39 is 0 Å². The molecule has 2 amide bonds. The summed E-state index contributed by atoms with van der Waals surface area (Å²) >= 11 is 0. The Kier molecular flexibility index (Phi) is 3.95. The van der Waals surface area contributed by atoms with Gasteiger partial charge in [0, 0.05) is 0 Å². The molecule has 2 fully saturated rings. The second kappa shape index (κ2) is 6.14. The van der Waals surface area contributed by atoms with Gasteiger partial charge in [0.1, 0.15) is 0 Å². The lowest BCUT2D eigenvalue weighted by Crippen LogP contribution is -2.32. The first-order chi connectivity index (χ1) is 12.1. The maximum atomic E-state index is 13.1. The van der Waals surface area contributed by atoms with Crippen molar-refractivity contribution in [2.24, 2.45) is 11.8 Å². The lowest BCUT2D eigenvalue weighted by atomic mass is 9.73. The third kappa shape index (κ3) is 2.58. The first-order valence-electron chi connectivity index (χ1n) is 9.07. The number of carbonyl (C=O) groups is 2. The number of hydrogen-bond donors (Lipinski definition) is 0. The number of benzene rings is 2. The molecule has 4 rings (SSSR count). The lowest BCUT2D eigenvalue weighted by molar-refractivity contribution is -0.122. The summed E-state index contributed by atoms with van der Waals surface area (Å²) < 4.78 is 0. The van der Waals surface area contributed by atoms with Crippen LogP contribution in [0.2, 0.25) is 0 Å². The van der Waals surface area contributed by atoms with Gasteiger partial charge in [-0.2, -0.15) is 0 Å². The Labute approximate surface area is 148 Å². The zero-order chi connectivity index (χ0) is 17.6. The highest BCUT2D eigenvalue weighted by molar-refractivity contribution is 6.22. The number of carbonyl (C=O) groups excluding carboxylic acids is 2. The van der Waals surface area contributed by atoms with Gasteiger partial charge in [0.25, 0.3) is 0 Å². The zero-order valence-electron chi connectivity index (χ0n) is 14.7. The molecule has 1 aliphatic carbocycles. The normalized spacial score (nSPS) is 26.0. The van der Waals surface area contributed by atoms with Crippen molar-refractivity contribution in [3.05, 3.63) is 65.2 Å². The molecule has 2 aromatic carbocycles. The fraction of sp³-hybridized carbons (Fsp3) is 0.364. The smallest absolute Gasteiger partial charge is 0.237 e. The van der Waals surface area contributed by atoms with Crippen molar-refractivity contribution in [2.45, 2.75) is 39.0 Å². The molecule has 1 aliphatic heterocycles. The molecule has 3 atom stereocenters. The minimum atomic E-state index is -0.175. The Balaban J connectivity index is 1.66. The van der Waals surface area contributed by atoms with Crippen LogP contribution in [0.4, 0.5) is 5.69 Å². The molecule has 0 bridgehead atoms. The van der Waals surface area contributed by atoms with Gasteiger partial charge in [0.05, 0.1) is 17.5 Å². The highest BCUT2D eigenvalue weighted by Gasteiger charge is 2.51. The number of fused-ring (bicyclic) bond motifs is 1. The van der Waals surface area contributed by atoms with E-state index in [4.69, 9.17) is 0 Å². The number of imide groups is 1. The standard InChI is InChI=1S/C22H23NO2/c1-14-7-6-8-15(2)20(14)23-21(24)18-12-11-17(13-19(18)22(23)25)16-9-4-3-5-10-16/h3-10,17-19H,11-13H2,1-2H3/t17-,18-,19-/m1/s1. The molecule has 1 saturated heterocycles. The zero-order valence-corrected chi connectivity index (χ0v) is 14.7. The molecule has 25 heavy (non-hydrogen) atoms. The van der Waals surface area contributed by atoms with Gasteiger partial charge in [-0.25, -0.2) is 4.90 Å². The average Bonchev–Trinajstić information content (AvgIpc) is 2.87. The number of amides is 2. The minimum Gasteiger partial charge on any atom is -0.274 e. The highest BCUT2D eigenvalue weighted by Crippen LogP contribution is 2.46. The Morgan fingerprint density at radius 3 is 2.12 bits per heavy atom. The topological polar surface area (TPSA) is 37.4 Å². The molecule has 0 N–H and O–H groups in total. The molecule has 0 aromatic heterocycles. The van der Waals surface area contributed by atoms with Crippen LogP contribution < -0.4 is 4.90 Å². The predicted molar refractivity (Wildman–Crippen MR) is 98.4 cm³/mol. The minimum absolute atomic E-state index is 0.00101. The van der Waals surface area contributed by atoms with E-state index in [1.165, 1.54) is 10.5 Å². The van der Waals surface area contributed by atoms with Crippen LogP contribution in [0.5, 0.6) is 0 Å². The molecule has 0 radical (unpaired) electrons. The van der Waals surface area contributed by atoms with Crippen LogP contribution in [0.15, 0.2) is 48.5 Å². The Hall–Kier alpha value is -2.42. The van der Waals surface area contributed by atoms with Crippen LogP contribution >= 0.6 is 0 Å². The molecular formula is C22H23NO2. The van der Waals surface area contributed by atoms with Gasteiger partial charge < -0.3 is 0 Å². The third-order valence-corrected chi connectivity index (χ3v) is 5.86. The fourth-order valence-electron chi connectivity index (χ4n) is 4.59. The first-order valence-corrected chi connectivity index (χ1v) is 9.07. The number of aryl methyl sites for hydroxylation is 2. The molecule has 0 unspecified atom stereocenters. The van der Waals surface area contributed by atoms with E-state index in [1.807, 2.05) is 50.2 Å². The summed E-state index contributed by atoms with van der Waals surface area (Å²) in [5.74, 6) is 0.0426. The molecule has 2 aromatic rings. The van der Waals surface area contributed by atoms with E-state index in [-0.39, 0.29) is 23.7 Å². The molecule has 1 heterocycles. The van der Waals surface area contributed by atoms with Gasteiger partial charge in [-0.1, -0.05) is 48.5 Å². The number of nitrogens with zero attached hydrogens (tertiary/aromatic N) is 1. The van der Waals surface area contributed by atoms with Crippen molar-refractivity contribution >= 4 is 17.5 Å². The summed E-state index contributed by atoms with van der Waals surface area (Å²) in [7, 11) is 0. The number of rotatable bonds is 2. The fourth-order valence-corrected chi connectivity index (χ4v) is 4.59. The summed E-state index contributed by atoms with van der Waals surface area (Å²) in [6, 6.07) is 16.3. The molecular weight excluding hydrogens is 310 g/mol. The van der Waals surface area contributed by atoms with Crippen LogP contribution in [0.3, 0.4) is 0 Å². The van der Waals surface area contributed by atoms with Crippen LogP contribution in [0.1, 0.15) is 41.9 Å². The SMILES string of the molecule is Cc1cccc(C)c1N1C(=O)[C@@H]2CC[C@@H](c3ccccc3)C[C@H]2C1=O. The number of hydrogen-bond acceptors (Lipinski definition) is 2. The monoisotopic (exact) mass is 333 g/mol. The quantitative estimate of drug-likeness (QED) is 0.765. The summed E-state index contributed by atoms with van der Waals surface area (Å²) in [5.41, 5.74) is 4.05. The third-order valence-electron chi connectivity index (χ3n) is 5.86. The van der Waals surface area contributed by atoms with E-state index >= 15 is 0 Å². The number of anilines is 1. The van der Waals surface area contributed by atoms with E-state index in [0.29, 0.717) is 5.92 Å². The molecule has 3 heteroatoms. The molecule has 128 valence electrons. The van der Waals surface area contributed by atoms with Crippen LogP contribution in [-0.2, 0) is 9.59 Å². The summed E-state index contributed by atoms with van der Waals surface area (Å²) in [6.45, 7) is 3.94. The average molecular weight is 333 g/mol. The van der Waals surface area contributed by atoms with Gasteiger partial charge in [-0.15, -0.1) is 0 Å². The van der Waals surface area contributed by atoms with E-state index in [9.17, 15) is 9.59 Å². The summed E-state index contributed by atoms with van der Waals surface area (Å²) in [4.78, 5) is 27.6. The molecule has 1 saturated carbocycles. The Morgan fingerprint density at radius 2 is 1.44 bits per heavy atom. The van der Waals surface area contributed by atoms with E-state index in [1.54, 1.807) is 0 Å². The van der Waals surface area contributed by atoms with E-state index in [0.717, 1.165) is 36.1 Å². The van der Waals surface area contributed by atoms with Gasteiger partial charge >= 0.3 is 0 Å². The summed E-state index contributed by atoms with van der Waals surface area (Å²) in [5, 5.41) is 0. The van der Waals surface area contributed by atoms with Crippen molar-refractivity contribution in [1.29, 1.82) is 0 Å².